The average molecular weight is 329 g/mol. The molecule has 8 nitrogen and oxygen atoms in total. The molecule has 3 heterocycles. The molecule has 1 aliphatic rings. The number of amides is 2. The molecule has 1 fully saturated rings. The lowest BCUT2D eigenvalue weighted by Crippen LogP contribution is -2.52. The molecular weight excluding hydrogens is 306 g/mol. The minimum Gasteiger partial charge on any atom is -0.338 e. The molecule has 2 aromatic heterocycles. The summed E-state index contributed by atoms with van der Waals surface area (Å²) in [5.74, 6) is 0. The Kier molecular flexibility index (Phi) is 5.73. The quantitative estimate of drug-likeness (QED) is 0.821. The van der Waals surface area contributed by atoms with Gasteiger partial charge in [-0.05, 0) is 24.1 Å². The van der Waals surface area contributed by atoms with E-state index in [1.54, 1.807) is 25.0 Å². The lowest BCUT2D eigenvalue weighted by Gasteiger charge is -2.34. The third-order valence-corrected chi connectivity index (χ3v) is 4.21. The summed E-state index contributed by atoms with van der Waals surface area (Å²) in [6.45, 7) is 5.73. The van der Waals surface area contributed by atoms with Gasteiger partial charge in [0.05, 0.1) is 6.54 Å². The molecule has 3 rings (SSSR count). The fourth-order valence-electron chi connectivity index (χ4n) is 2.74. The Hall–Kier alpha value is -2.48. The number of carbonyl (C=O) groups is 1. The van der Waals surface area contributed by atoms with Crippen LogP contribution in [0.5, 0.6) is 0 Å². The van der Waals surface area contributed by atoms with Crippen molar-refractivity contribution in [3.05, 3.63) is 42.7 Å². The van der Waals surface area contributed by atoms with Crippen molar-refractivity contribution in [3.8, 4) is 0 Å². The van der Waals surface area contributed by atoms with Gasteiger partial charge in [0, 0.05) is 51.7 Å². The van der Waals surface area contributed by atoms with Crippen molar-refractivity contribution < 1.29 is 4.79 Å². The lowest BCUT2D eigenvalue weighted by molar-refractivity contribution is 0.136. The second kappa shape index (κ2) is 8.39. The van der Waals surface area contributed by atoms with Crippen LogP contribution in [0.2, 0.25) is 0 Å². The highest BCUT2D eigenvalue weighted by atomic mass is 16.2. The molecule has 0 bridgehead atoms. The summed E-state index contributed by atoms with van der Waals surface area (Å²) < 4.78 is 1.83. The molecular formula is C16H23N7O. The van der Waals surface area contributed by atoms with Gasteiger partial charge in [0.15, 0.2) is 0 Å². The molecule has 128 valence electrons. The van der Waals surface area contributed by atoms with E-state index in [1.807, 2.05) is 21.7 Å². The Bertz CT molecular complexity index is 609. The minimum absolute atomic E-state index is 0.0278. The van der Waals surface area contributed by atoms with Crippen molar-refractivity contribution in [2.24, 2.45) is 0 Å². The van der Waals surface area contributed by atoms with Crippen molar-refractivity contribution in [1.29, 1.82) is 0 Å². The van der Waals surface area contributed by atoms with Crippen LogP contribution >= 0.6 is 0 Å². The maximum absolute atomic E-state index is 12.2. The van der Waals surface area contributed by atoms with Crippen LogP contribution in [-0.4, -0.2) is 74.8 Å². The fourth-order valence-corrected chi connectivity index (χ4v) is 2.74. The summed E-state index contributed by atoms with van der Waals surface area (Å²) in [6.07, 6.45) is 7.65. The van der Waals surface area contributed by atoms with E-state index >= 15 is 0 Å². The first-order chi connectivity index (χ1) is 11.8. The molecule has 0 saturated carbocycles. The van der Waals surface area contributed by atoms with Crippen LogP contribution in [0.3, 0.4) is 0 Å². The molecule has 0 aromatic carbocycles. The Balaban J connectivity index is 1.33. The smallest absolute Gasteiger partial charge is 0.317 e. The molecule has 2 aromatic rings. The van der Waals surface area contributed by atoms with Crippen LogP contribution in [0.25, 0.3) is 0 Å². The van der Waals surface area contributed by atoms with Crippen molar-refractivity contribution in [2.75, 3.05) is 39.3 Å². The zero-order valence-corrected chi connectivity index (χ0v) is 13.7. The second-order valence-corrected chi connectivity index (χ2v) is 5.82. The SMILES string of the molecule is O=C(NCCc1ccncc1)N1CCN(CCn2cncn2)CC1. The summed E-state index contributed by atoms with van der Waals surface area (Å²) in [5.41, 5.74) is 1.18. The number of urea groups is 1. The summed E-state index contributed by atoms with van der Waals surface area (Å²) in [6, 6.07) is 3.97. The zero-order valence-electron chi connectivity index (χ0n) is 13.7. The van der Waals surface area contributed by atoms with Crippen molar-refractivity contribution in [2.45, 2.75) is 13.0 Å². The standard InChI is InChI=1S/C16H23N7O/c24-16(19-6-3-15-1-4-17-5-2-15)22-10-7-21(8-11-22)9-12-23-14-18-13-20-23/h1-2,4-5,13-14H,3,6-12H2,(H,19,24). The largest absolute Gasteiger partial charge is 0.338 e. The minimum atomic E-state index is 0.0278. The van der Waals surface area contributed by atoms with Crippen LogP contribution in [-0.2, 0) is 13.0 Å². The monoisotopic (exact) mass is 329 g/mol. The second-order valence-electron chi connectivity index (χ2n) is 5.82. The van der Waals surface area contributed by atoms with Crippen LogP contribution in [0.15, 0.2) is 37.2 Å². The number of nitrogens with one attached hydrogen (secondary N) is 1. The fraction of sp³-hybridized carbons (Fsp3) is 0.500. The number of hydrogen-bond acceptors (Lipinski definition) is 5. The molecule has 0 atom stereocenters. The van der Waals surface area contributed by atoms with Gasteiger partial charge in [-0.15, -0.1) is 0 Å². The van der Waals surface area contributed by atoms with Crippen LogP contribution in [0.4, 0.5) is 4.79 Å². The molecule has 1 N–H and O–H groups in total. The Morgan fingerprint density at radius 1 is 1.08 bits per heavy atom. The first-order valence-corrected chi connectivity index (χ1v) is 8.28. The number of hydrogen-bond donors (Lipinski definition) is 1. The lowest BCUT2D eigenvalue weighted by atomic mass is 10.2. The zero-order chi connectivity index (χ0) is 16.6. The highest BCUT2D eigenvalue weighted by Gasteiger charge is 2.20. The molecule has 24 heavy (non-hydrogen) atoms. The van der Waals surface area contributed by atoms with E-state index in [2.05, 4.69) is 25.3 Å². The van der Waals surface area contributed by atoms with Crippen molar-refractivity contribution in [3.63, 3.8) is 0 Å². The highest BCUT2D eigenvalue weighted by molar-refractivity contribution is 5.74. The van der Waals surface area contributed by atoms with Gasteiger partial charge >= 0.3 is 6.03 Å². The Labute approximate surface area is 141 Å². The molecule has 0 spiro atoms. The maximum Gasteiger partial charge on any atom is 0.317 e. The topological polar surface area (TPSA) is 79.2 Å². The number of aromatic nitrogens is 4. The van der Waals surface area contributed by atoms with Gasteiger partial charge in [0.1, 0.15) is 12.7 Å². The van der Waals surface area contributed by atoms with Gasteiger partial charge in [-0.3, -0.25) is 14.6 Å². The van der Waals surface area contributed by atoms with E-state index in [0.29, 0.717) is 6.54 Å². The molecule has 2 amide bonds. The van der Waals surface area contributed by atoms with Gasteiger partial charge in [-0.2, -0.15) is 5.10 Å². The highest BCUT2D eigenvalue weighted by Crippen LogP contribution is 2.03. The third kappa shape index (κ3) is 4.76. The van der Waals surface area contributed by atoms with E-state index in [4.69, 9.17) is 0 Å². The number of rotatable bonds is 6. The van der Waals surface area contributed by atoms with Gasteiger partial charge < -0.3 is 10.2 Å². The first-order valence-electron chi connectivity index (χ1n) is 8.28. The van der Waals surface area contributed by atoms with E-state index in [-0.39, 0.29) is 6.03 Å². The third-order valence-electron chi connectivity index (χ3n) is 4.21. The summed E-state index contributed by atoms with van der Waals surface area (Å²) >= 11 is 0. The Morgan fingerprint density at radius 2 is 1.88 bits per heavy atom. The number of carbonyl (C=O) groups excluding carboxylic acids is 1. The number of nitrogens with zero attached hydrogens (tertiary/aromatic N) is 6. The molecule has 0 unspecified atom stereocenters. The van der Waals surface area contributed by atoms with E-state index in [0.717, 1.165) is 45.7 Å². The average Bonchev–Trinajstić information content (AvgIpc) is 3.15. The van der Waals surface area contributed by atoms with Crippen molar-refractivity contribution in [1.82, 2.24) is 34.9 Å². The molecule has 1 saturated heterocycles. The predicted octanol–water partition coefficient (Wildman–Crippen LogP) is 0.243. The van der Waals surface area contributed by atoms with Gasteiger partial charge in [-0.25, -0.2) is 9.78 Å². The van der Waals surface area contributed by atoms with Crippen LogP contribution < -0.4 is 5.32 Å². The summed E-state index contributed by atoms with van der Waals surface area (Å²) in [7, 11) is 0. The van der Waals surface area contributed by atoms with Gasteiger partial charge in [0.25, 0.3) is 0 Å². The van der Waals surface area contributed by atoms with Crippen molar-refractivity contribution >= 4 is 6.03 Å². The summed E-state index contributed by atoms with van der Waals surface area (Å²) in [5, 5.41) is 7.10. The maximum atomic E-state index is 12.2. The van der Waals surface area contributed by atoms with Crippen LogP contribution in [0, 0.1) is 0 Å². The Morgan fingerprint density at radius 3 is 2.58 bits per heavy atom. The van der Waals surface area contributed by atoms with Gasteiger partial charge in [0.2, 0.25) is 0 Å². The van der Waals surface area contributed by atoms with E-state index in [1.165, 1.54) is 5.56 Å². The van der Waals surface area contributed by atoms with Gasteiger partial charge in [-0.1, -0.05) is 0 Å². The normalized spacial score (nSPS) is 15.4. The first kappa shape index (κ1) is 16.4. The number of piperazine rings is 1. The van der Waals surface area contributed by atoms with E-state index in [9.17, 15) is 4.79 Å². The summed E-state index contributed by atoms with van der Waals surface area (Å²) in [4.78, 5) is 24.4. The molecule has 0 aliphatic carbocycles. The molecule has 1 aliphatic heterocycles. The van der Waals surface area contributed by atoms with E-state index < -0.39 is 0 Å². The van der Waals surface area contributed by atoms with Crippen LogP contribution in [0.1, 0.15) is 5.56 Å². The number of pyridine rings is 1. The molecule has 8 heteroatoms. The predicted molar refractivity (Wildman–Crippen MR) is 89.4 cm³/mol. The molecule has 0 radical (unpaired) electrons.